The molecule has 5 aliphatic heterocycles. The predicted molar refractivity (Wildman–Crippen MR) is 99.6 cm³/mol. The van der Waals surface area contributed by atoms with Gasteiger partial charge in [-0.2, -0.15) is 5.26 Å². The quantitative estimate of drug-likeness (QED) is 0.666. The van der Waals surface area contributed by atoms with Crippen LogP contribution in [0.3, 0.4) is 0 Å². The van der Waals surface area contributed by atoms with Crippen LogP contribution in [-0.4, -0.2) is 45.2 Å². The molecule has 0 saturated carbocycles. The van der Waals surface area contributed by atoms with Gasteiger partial charge in [-0.25, -0.2) is 0 Å². The monoisotopic (exact) mass is 403 g/mol. The molecule has 0 unspecified atom stereocenters. The lowest BCUT2D eigenvalue weighted by molar-refractivity contribution is -0.164. The fourth-order valence-electron chi connectivity index (χ4n) is 4.50. The van der Waals surface area contributed by atoms with Crippen molar-refractivity contribution in [1.29, 1.82) is 5.26 Å². The molecule has 2 bridgehead atoms. The second-order valence-electron chi connectivity index (χ2n) is 7.69. The summed E-state index contributed by atoms with van der Waals surface area (Å²) in [5, 5.41) is 10.0. The molecule has 27 heavy (non-hydrogen) atoms. The Balaban J connectivity index is 1.71. The van der Waals surface area contributed by atoms with Crippen molar-refractivity contribution in [3.8, 4) is 17.6 Å². The minimum Gasteiger partial charge on any atom is -0.454 e. The summed E-state index contributed by atoms with van der Waals surface area (Å²) < 4.78 is 10.9. The molecule has 9 heteroatoms. The highest BCUT2D eigenvalue weighted by Crippen LogP contribution is 2.69. The van der Waals surface area contributed by atoms with E-state index in [0.29, 0.717) is 11.5 Å². The minimum atomic E-state index is -1.06. The zero-order valence-corrected chi connectivity index (χ0v) is 16.6. The number of nitriles is 1. The van der Waals surface area contributed by atoms with E-state index in [1.165, 1.54) is 26.5 Å². The van der Waals surface area contributed by atoms with E-state index in [4.69, 9.17) is 9.47 Å². The molecule has 6 rings (SSSR count). The van der Waals surface area contributed by atoms with E-state index in [2.05, 4.69) is 6.07 Å². The fraction of sp³-hybridized carbons (Fsp3) is 0.500. The first-order valence-electron chi connectivity index (χ1n) is 8.56. The molecule has 4 atom stereocenters. The van der Waals surface area contributed by atoms with E-state index in [1.807, 2.05) is 19.1 Å². The van der Waals surface area contributed by atoms with Crippen LogP contribution in [0.4, 0.5) is 0 Å². The lowest BCUT2D eigenvalue weighted by atomic mass is 9.79. The van der Waals surface area contributed by atoms with E-state index in [1.54, 1.807) is 24.9 Å². The molecule has 0 aliphatic carbocycles. The Morgan fingerprint density at radius 2 is 1.93 bits per heavy atom. The second-order valence-corrected chi connectivity index (χ2v) is 10.5. The molecule has 2 amide bonds. The Labute approximate surface area is 164 Å². The SMILES string of the molecule is CN1C(=O)[C@]23C[C@@](C)(C#N)[C@H](c4ccc5c(c4)OCO5)N2C(=O)[C@]1(C)SS3. The molecule has 0 radical (unpaired) electrons. The Morgan fingerprint density at radius 3 is 2.67 bits per heavy atom. The molecule has 1 aromatic carbocycles. The summed E-state index contributed by atoms with van der Waals surface area (Å²) >= 11 is 0. The van der Waals surface area contributed by atoms with Gasteiger partial charge in [0, 0.05) is 13.5 Å². The number of carbonyl (C=O) groups is 2. The highest BCUT2D eigenvalue weighted by molar-refractivity contribution is 8.78. The van der Waals surface area contributed by atoms with Gasteiger partial charge in [-0.05, 0) is 31.5 Å². The zero-order valence-electron chi connectivity index (χ0n) is 15.0. The average molecular weight is 403 g/mol. The lowest BCUT2D eigenvalue weighted by Gasteiger charge is -2.57. The van der Waals surface area contributed by atoms with Gasteiger partial charge in [0.25, 0.3) is 11.8 Å². The number of fused-ring (bicyclic) bond motifs is 3. The van der Waals surface area contributed by atoms with Crippen LogP contribution in [0, 0.1) is 16.7 Å². The number of hydrogen-bond donors (Lipinski definition) is 0. The second kappa shape index (κ2) is 5.06. The molecule has 1 aromatic rings. The van der Waals surface area contributed by atoms with E-state index in [-0.39, 0.29) is 25.0 Å². The van der Waals surface area contributed by atoms with Gasteiger partial charge in [-0.15, -0.1) is 0 Å². The van der Waals surface area contributed by atoms with E-state index < -0.39 is 21.2 Å². The van der Waals surface area contributed by atoms with E-state index in [9.17, 15) is 14.9 Å². The van der Waals surface area contributed by atoms with Crippen LogP contribution in [0.15, 0.2) is 18.2 Å². The van der Waals surface area contributed by atoms with E-state index >= 15 is 0 Å². The number of benzene rings is 1. The molecule has 0 aromatic heterocycles. The number of piperazine rings is 1. The highest BCUT2D eigenvalue weighted by Gasteiger charge is 2.74. The number of ether oxygens (including phenoxy) is 2. The third-order valence-electron chi connectivity index (χ3n) is 6.06. The van der Waals surface area contributed by atoms with Crippen LogP contribution in [-0.2, 0) is 9.59 Å². The Hall–Kier alpha value is -2.05. The standard InChI is InChI=1S/C18H17N3O4S2/c1-16(8-19)7-18-15(23)20(3)17(2,26-27-18)14(22)21(18)13(16)10-4-5-11-12(6-10)25-9-24-11/h4-6,13H,7,9H2,1-3H3/t13-,16-,17-,18+/m0/s1. The first-order valence-corrected chi connectivity index (χ1v) is 10.7. The molecule has 7 nitrogen and oxygen atoms in total. The van der Waals surface area contributed by atoms with Crippen molar-refractivity contribution >= 4 is 33.4 Å². The third kappa shape index (κ3) is 1.85. The molecular formula is C18H17N3O4S2. The molecule has 4 saturated heterocycles. The molecule has 1 spiro atoms. The fourth-order valence-corrected chi connectivity index (χ4v) is 8.08. The molecule has 4 fully saturated rings. The number of likely N-dealkylation sites (N-methyl/N-ethyl adjacent to an activating group) is 1. The normalized spacial score (nSPS) is 39.0. The van der Waals surface area contributed by atoms with Crippen molar-refractivity contribution in [2.24, 2.45) is 5.41 Å². The van der Waals surface area contributed by atoms with Crippen LogP contribution in [0.2, 0.25) is 0 Å². The van der Waals surface area contributed by atoms with Crippen LogP contribution in [0.1, 0.15) is 31.9 Å². The van der Waals surface area contributed by atoms with Crippen LogP contribution in [0.25, 0.3) is 0 Å². The van der Waals surface area contributed by atoms with Crippen molar-refractivity contribution in [3.05, 3.63) is 23.8 Å². The van der Waals surface area contributed by atoms with Crippen molar-refractivity contribution in [2.75, 3.05) is 13.8 Å². The lowest BCUT2D eigenvalue weighted by Crippen LogP contribution is -2.73. The van der Waals surface area contributed by atoms with Crippen LogP contribution < -0.4 is 9.47 Å². The summed E-state index contributed by atoms with van der Waals surface area (Å²) in [5.41, 5.74) is -0.117. The summed E-state index contributed by atoms with van der Waals surface area (Å²) in [6, 6.07) is 7.35. The third-order valence-corrected chi connectivity index (χ3v) is 9.76. The van der Waals surface area contributed by atoms with Gasteiger partial charge >= 0.3 is 0 Å². The van der Waals surface area contributed by atoms with E-state index in [0.717, 1.165) is 5.56 Å². The number of rotatable bonds is 1. The molecule has 0 N–H and O–H groups in total. The first-order chi connectivity index (χ1) is 12.8. The van der Waals surface area contributed by atoms with Crippen molar-refractivity contribution < 1.29 is 19.1 Å². The average Bonchev–Trinajstić information content (AvgIpc) is 3.23. The van der Waals surface area contributed by atoms with Gasteiger partial charge in [0.15, 0.2) is 21.2 Å². The van der Waals surface area contributed by atoms with Gasteiger partial charge in [0.05, 0.1) is 17.5 Å². The summed E-state index contributed by atoms with van der Waals surface area (Å²) in [6.07, 6.45) is 0.290. The molecule has 5 aliphatic rings. The van der Waals surface area contributed by atoms with Crippen LogP contribution in [0.5, 0.6) is 11.5 Å². The van der Waals surface area contributed by atoms with Gasteiger partial charge in [0.1, 0.15) is 0 Å². The molecular weight excluding hydrogens is 386 g/mol. The van der Waals surface area contributed by atoms with Gasteiger partial charge in [-0.3, -0.25) is 9.59 Å². The number of hydrogen-bond acceptors (Lipinski definition) is 7. The zero-order chi connectivity index (χ0) is 19.2. The highest BCUT2D eigenvalue weighted by atomic mass is 33.1. The van der Waals surface area contributed by atoms with Crippen molar-refractivity contribution in [1.82, 2.24) is 9.80 Å². The summed E-state index contributed by atoms with van der Waals surface area (Å²) in [6.45, 7) is 3.75. The van der Waals surface area contributed by atoms with Crippen molar-refractivity contribution in [3.63, 3.8) is 0 Å². The molecule has 140 valence electrons. The smallest absolute Gasteiger partial charge is 0.261 e. The van der Waals surface area contributed by atoms with Gasteiger partial charge < -0.3 is 19.3 Å². The first kappa shape index (κ1) is 17.1. The number of amides is 2. The van der Waals surface area contributed by atoms with Crippen LogP contribution >= 0.6 is 21.6 Å². The van der Waals surface area contributed by atoms with Gasteiger partial charge in [-0.1, -0.05) is 27.7 Å². The van der Waals surface area contributed by atoms with Crippen molar-refractivity contribution in [2.45, 2.75) is 36.1 Å². The Morgan fingerprint density at radius 1 is 1.19 bits per heavy atom. The maximum atomic E-state index is 13.5. The maximum Gasteiger partial charge on any atom is 0.261 e. The van der Waals surface area contributed by atoms with Gasteiger partial charge in [0.2, 0.25) is 6.79 Å². The molecule has 5 heterocycles. The minimum absolute atomic E-state index is 0.113. The Bertz CT molecular complexity index is 949. The maximum absolute atomic E-state index is 13.5. The largest absolute Gasteiger partial charge is 0.454 e. The topological polar surface area (TPSA) is 82.9 Å². The summed E-state index contributed by atoms with van der Waals surface area (Å²) in [7, 11) is 4.49. The summed E-state index contributed by atoms with van der Waals surface area (Å²) in [4.78, 5) is 27.9. The predicted octanol–water partition coefficient (Wildman–Crippen LogP) is 2.50. The number of carbonyl (C=O) groups excluding carboxylic acids is 2. The number of nitrogens with zero attached hydrogens (tertiary/aromatic N) is 3. The Kier molecular flexibility index (Phi) is 3.20. The summed E-state index contributed by atoms with van der Waals surface area (Å²) in [5.74, 6) is 0.998.